The summed E-state index contributed by atoms with van der Waals surface area (Å²) in [5.41, 5.74) is 1.02. The molecule has 0 saturated heterocycles. The van der Waals surface area contributed by atoms with Gasteiger partial charge in [0.2, 0.25) is 0 Å². The van der Waals surface area contributed by atoms with Crippen LogP contribution in [0, 0.1) is 10.1 Å². The molecule has 1 aromatic rings. The molecule has 0 bridgehead atoms. The summed E-state index contributed by atoms with van der Waals surface area (Å²) in [6.45, 7) is 2.83. The van der Waals surface area contributed by atoms with Gasteiger partial charge in [0.15, 0.2) is 6.29 Å². The highest BCUT2D eigenvalue weighted by atomic mass is 16.6. The molecule has 1 rings (SSSR count). The van der Waals surface area contributed by atoms with Crippen LogP contribution in [0.15, 0.2) is 18.2 Å². The van der Waals surface area contributed by atoms with Crippen molar-refractivity contribution in [2.45, 2.75) is 13.3 Å². The molecule has 0 saturated carbocycles. The second-order valence-corrected chi connectivity index (χ2v) is 3.54. The predicted molar refractivity (Wildman–Crippen MR) is 62.0 cm³/mol. The Labute approximate surface area is 93.8 Å². The highest BCUT2D eigenvalue weighted by molar-refractivity contribution is 5.85. The van der Waals surface area contributed by atoms with E-state index in [1.165, 1.54) is 12.1 Å². The van der Waals surface area contributed by atoms with Crippen molar-refractivity contribution in [1.29, 1.82) is 0 Å². The average molecular weight is 222 g/mol. The Hall–Kier alpha value is -1.91. The molecule has 5 heteroatoms. The first-order valence-electron chi connectivity index (χ1n) is 5.05. The zero-order valence-electron chi connectivity index (χ0n) is 9.34. The third-order valence-corrected chi connectivity index (χ3v) is 2.32. The largest absolute Gasteiger partial charge is 0.374 e. The maximum Gasteiger partial charge on any atom is 0.270 e. The molecule has 0 spiro atoms. The molecule has 0 aromatic heterocycles. The number of hydrogen-bond donors (Lipinski definition) is 0. The molecular weight excluding hydrogens is 208 g/mol. The summed E-state index contributed by atoms with van der Waals surface area (Å²) in [5, 5.41) is 10.6. The Morgan fingerprint density at radius 1 is 1.50 bits per heavy atom. The molecule has 5 nitrogen and oxygen atoms in total. The summed E-state index contributed by atoms with van der Waals surface area (Å²) < 4.78 is 0. The Morgan fingerprint density at radius 2 is 2.19 bits per heavy atom. The van der Waals surface area contributed by atoms with E-state index in [0.29, 0.717) is 11.8 Å². The number of rotatable bonds is 5. The van der Waals surface area contributed by atoms with Crippen molar-refractivity contribution in [3.8, 4) is 0 Å². The zero-order chi connectivity index (χ0) is 12.1. The first-order valence-corrected chi connectivity index (χ1v) is 5.05. The van der Waals surface area contributed by atoms with E-state index in [-0.39, 0.29) is 5.69 Å². The van der Waals surface area contributed by atoms with E-state index in [1.54, 1.807) is 6.07 Å². The fraction of sp³-hybridized carbons (Fsp3) is 0.364. The topological polar surface area (TPSA) is 63.4 Å². The maximum atomic E-state index is 10.9. The number of nitrogens with zero attached hydrogens (tertiary/aromatic N) is 2. The third kappa shape index (κ3) is 2.56. The first kappa shape index (κ1) is 12.2. The van der Waals surface area contributed by atoms with E-state index in [4.69, 9.17) is 0 Å². The smallest absolute Gasteiger partial charge is 0.270 e. The van der Waals surface area contributed by atoms with Crippen molar-refractivity contribution >= 4 is 17.7 Å². The summed E-state index contributed by atoms with van der Waals surface area (Å²) in [6.07, 6.45) is 1.60. The molecule has 0 fully saturated rings. The second kappa shape index (κ2) is 5.25. The number of anilines is 1. The van der Waals surface area contributed by atoms with E-state index in [2.05, 4.69) is 0 Å². The van der Waals surface area contributed by atoms with Crippen LogP contribution in [0.2, 0.25) is 0 Å². The Morgan fingerprint density at radius 3 is 2.69 bits per heavy atom. The van der Waals surface area contributed by atoms with Gasteiger partial charge in [0, 0.05) is 37.0 Å². The molecule has 0 atom stereocenters. The van der Waals surface area contributed by atoms with Crippen molar-refractivity contribution in [2.75, 3.05) is 18.5 Å². The van der Waals surface area contributed by atoms with Crippen LogP contribution in [0.3, 0.4) is 0 Å². The zero-order valence-corrected chi connectivity index (χ0v) is 9.34. The van der Waals surface area contributed by atoms with E-state index in [1.807, 2.05) is 18.9 Å². The van der Waals surface area contributed by atoms with Gasteiger partial charge in [-0.25, -0.2) is 0 Å². The summed E-state index contributed by atoms with van der Waals surface area (Å²) in [6, 6.07) is 4.32. The monoisotopic (exact) mass is 222 g/mol. The highest BCUT2D eigenvalue weighted by Gasteiger charge is 2.12. The molecule has 0 aliphatic rings. The summed E-state index contributed by atoms with van der Waals surface area (Å²) in [7, 11) is 1.86. The molecule has 0 amide bonds. The highest BCUT2D eigenvalue weighted by Crippen LogP contribution is 2.23. The second-order valence-electron chi connectivity index (χ2n) is 3.54. The quantitative estimate of drug-likeness (QED) is 0.435. The van der Waals surface area contributed by atoms with Crippen LogP contribution >= 0.6 is 0 Å². The Bertz CT molecular complexity index is 404. The first-order chi connectivity index (χ1) is 7.60. The van der Waals surface area contributed by atoms with Gasteiger partial charge in [-0.05, 0) is 12.5 Å². The predicted octanol–water partition coefficient (Wildman–Crippen LogP) is 2.25. The lowest BCUT2D eigenvalue weighted by Crippen LogP contribution is -2.19. The molecule has 0 unspecified atom stereocenters. The molecule has 0 heterocycles. The van der Waals surface area contributed by atoms with Crippen molar-refractivity contribution < 1.29 is 9.72 Å². The van der Waals surface area contributed by atoms with Gasteiger partial charge in [0.1, 0.15) is 0 Å². The number of hydrogen-bond acceptors (Lipinski definition) is 4. The van der Waals surface area contributed by atoms with Gasteiger partial charge >= 0.3 is 0 Å². The minimum atomic E-state index is -0.503. The fourth-order valence-corrected chi connectivity index (χ4v) is 1.55. The van der Waals surface area contributed by atoms with Crippen LogP contribution in [0.25, 0.3) is 0 Å². The number of non-ortho nitro benzene ring substituents is 1. The third-order valence-electron chi connectivity index (χ3n) is 2.32. The van der Waals surface area contributed by atoms with Crippen LogP contribution < -0.4 is 4.90 Å². The van der Waals surface area contributed by atoms with Crippen LogP contribution in [0.4, 0.5) is 11.4 Å². The maximum absolute atomic E-state index is 10.9. The lowest BCUT2D eigenvalue weighted by atomic mass is 10.1. The Balaban J connectivity index is 3.11. The standard InChI is InChI=1S/C11H14N2O3/c1-3-6-12(2)11-5-4-10(13(15)16)7-9(11)8-14/h4-5,7-8H,3,6H2,1-2H3. The summed E-state index contributed by atoms with van der Waals surface area (Å²) in [4.78, 5) is 22.8. The van der Waals surface area contributed by atoms with Gasteiger partial charge in [-0.3, -0.25) is 14.9 Å². The normalized spacial score (nSPS) is 9.88. The van der Waals surface area contributed by atoms with Crippen LogP contribution in [-0.2, 0) is 0 Å². The van der Waals surface area contributed by atoms with Crippen molar-refractivity contribution in [2.24, 2.45) is 0 Å². The van der Waals surface area contributed by atoms with Gasteiger partial charge in [-0.2, -0.15) is 0 Å². The van der Waals surface area contributed by atoms with Gasteiger partial charge in [-0.15, -0.1) is 0 Å². The fourth-order valence-electron chi connectivity index (χ4n) is 1.55. The van der Waals surface area contributed by atoms with E-state index < -0.39 is 4.92 Å². The van der Waals surface area contributed by atoms with E-state index in [0.717, 1.165) is 18.7 Å². The minimum Gasteiger partial charge on any atom is -0.374 e. The van der Waals surface area contributed by atoms with Crippen molar-refractivity contribution in [3.63, 3.8) is 0 Å². The van der Waals surface area contributed by atoms with E-state index >= 15 is 0 Å². The number of aldehydes is 1. The van der Waals surface area contributed by atoms with Gasteiger partial charge in [0.25, 0.3) is 5.69 Å². The SMILES string of the molecule is CCCN(C)c1ccc([N+](=O)[O-])cc1C=O. The number of nitro groups is 1. The molecule has 0 aliphatic heterocycles. The molecule has 86 valence electrons. The van der Waals surface area contributed by atoms with Crippen molar-refractivity contribution in [1.82, 2.24) is 0 Å². The molecular formula is C11H14N2O3. The minimum absolute atomic E-state index is 0.0595. The average Bonchev–Trinajstić information content (AvgIpc) is 2.28. The number of benzene rings is 1. The van der Waals surface area contributed by atoms with E-state index in [9.17, 15) is 14.9 Å². The lowest BCUT2D eigenvalue weighted by Gasteiger charge is -2.19. The molecule has 0 aliphatic carbocycles. The molecule has 16 heavy (non-hydrogen) atoms. The van der Waals surface area contributed by atoms with Crippen LogP contribution in [0.1, 0.15) is 23.7 Å². The molecule has 1 aromatic carbocycles. The number of nitro benzene ring substituents is 1. The summed E-state index contributed by atoms with van der Waals surface area (Å²) in [5.74, 6) is 0. The van der Waals surface area contributed by atoms with Gasteiger partial charge < -0.3 is 4.90 Å². The van der Waals surface area contributed by atoms with Crippen LogP contribution in [0.5, 0.6) is 0 Å². The van der Waals surface area contributed by atoms with Crippen molar-refractivity contribution in [3.05, 3.63) is 33.9 Å². The Kier molecular flexibility index (Phi) is 3.99. The van der Waals surface area contributed by atoms with Gasteiger partial charge in [0.05, 0.1) is 4.92 Å². The number of carbonyl (C=O) groups is 1. The molecule has 0 N–H and O–H groups in total. The summed E-state index contributed by atoms with van der Waals surface area (Å²) >= 11 is 0. The van der Waals surface area contributed by atoms with Gasteiger partial charge in [-0.1, -0.05) is 6.92 Å². The lowest BCUT2D eigenvalue weighted by molar-refractivity contribution is -0.384. The number of carbonyl (C=O) groups excluding carboxylic acids is 1. The van der Waals surface area contributed by atoms with Crippen LogP contribution in [-0.4, -0.2) is 24.8 Å². The molecule has 0 radical (unpaired) electrons.